The minimum absolute atomic E-state index is 0.218. The Hall–Kier alpha value is -1.16. The Labute approximate surface area is 122 Å². The largest absolute Gasteiger partial charge is 0.465 e. The Morgan fingerprint density at radius 2 is 1.68 bits per heavy atom. The molecular weight excluding hydrogens is 308 g/mol. The van der Waals surface area contributed by atoms with Gasteiger partial charge in [-0.1, -0.05) is 15.9 Å². The van der Waals surface area contributed by atoms with Crippen molar-refractivity contribution in [1.29, 1.82) is 0 Å². The van der Waals surface area contributed by atoms with Crippen LogP contribution in [0.15, 0.2) is 16.6 Å². The van der Waals surface area contributed by atoms with Gasteiger partial charge in [0.05, 0.1) is 6.61 Å². The maximum atomic E-state index is 12.5. The van der Waals surface area contributed by atoms with Crippen LogP contribution >= 0.6 is 15.9 Å². The van der Waals surface area contributed by atoms with Crippen molar-refractivity contribution in [2.45, 2.75) is 34.6 Å². The molecule has 0 unspecified atom stereocenters. The van der Waals surface area contributed by atoms with E-state index < -0.39 is 11.4 Å². The van der Waals surface area contributed by atoms with Gasteiger partial charge in [0.15, 0.2) is 5.78 Å². The van der Waals surface area contributed by atoms with Crippen molar-refractivity contribution in [3.8, 4) is 0 Å². The average Bonchev–Trinajstić information content (AvgIpc) is 2.34. The van der Waals surface area contributed by atoms with Gasteiger partial charge in [-0.05, 0) is 57.9 Å². The van der Waals surface area contributed by atoms with Crippen LogP contribution < -0.4 is 0 Å². The van der Waals surface area contributed by atoms with E-state index in [1.54, 1.807) is 32.9 Å². The third kappa shape index (κ3) is 3.24. The van der Waals surface area contributed by atoms with Crippen LogP contribution in [0.25, 0.3) is 0 Å². The lowest BCUT2D eigenvalue weighted by Crippen LogP contribution is -2.35. The normalized spacial score (nSPS) is 11.3. The van der Waals surface area contributed by atoms with Crippen LogP contribution in [-0.2, 0) is 9.53 Å². The maximum absolute atomic E-state index is 12.5. The molecule has 0 aromatic heterocycles. The molecule has 0 aliphatic heterocycles. The van der Waals surface area contributed by atoms with Crippen LogP contribution in [0.1, 0.15) is 42.3 Å². The van der Waals surface area contributed by atoms with E-state index in [9.17, 15) is 9.59 Å². The third-order valence-electron chi connectivity index (χ3n) is 3.05. The Balaban J connectivity index is 3.16. The molecule has 0 atom stereocenters. The first kappa shape index (κ1) is 15.9. The van der Waals surface area contributed by atoms with Crippen molar-refractivity contribution in [2.75, 3.05) is 6.61 Å². The lowest BCUT2D eigenvalue weighted by Gasteiger charge is -2.21. The van der Waals surface area contributed by atoms with E-state index in [4.69, 9.17) is 4.74 Å². The molecule has 19 heavy (non-hydrogen) atoms. The number of rotatable bonds is 4. The summed E-state index contributed by atoms with van der Waals surface area (Å²) in [5, 5.41) is 0. The van der Waals surface area contributed by atoms with Crippen molar-refractivity contribution in [3.05, 3.63) is 33.3 Å². The zero-order valence-electron chi connectivity index (χ0n) is 12.0. The topological polar surface area (TPSA) is 43.4 Å². The average molecular weight is 327 g/mol. The molecule has 0 bridgehead atoms. The fourth-order valence-corrected chi connectivity index (χ4v) is 2.07. The highest BCUT2D eigenvalue weighted by Crippen LogP contribution is 2.28. The van der Waals surface area contributed by atoms with Crippen LogP contribution in [-0.4, -0.2) is 18.4 Å². The fourth-order valence-electron chi connectivity index (χ4n) is 1.84. The Bertz CT molecular complexity index is 495. The van der Waals surface area contributed by atoms with Gasteiger partial charge in [0, 0.05) is 10.0 Å². The smallest absolute Gasteiger partial charge is 0.319 e. The molecule has 3 nitrogen and oxygen atoms in total. The molecule has 4 heteroatoms. The number of carbonyl (C=O) groups excluding carboxylic acids is 2. The van der Waals surface area contributed by atoms with Gasteiger partial charge in [0.25, 0.3) is 0 Å². The number of esters is 1. The van der Waals surface area contributed by atoms with E-state index in [2.05, 4.69) is 15.9 Å². The van der Waals surface area contributed by atoms with E-state index in [0.29, 0.717) is 5.56 Å². The minimum atomic E-state index is -1.16. The van der Waals surface area contributed by atoms with E-state index in [1.807, 2.05) is 13.8 Å². The van der Waals surface area contributed by atoms with E-state index in [-0.39, 0.29) is 12.4 Å². The van der Waals surface area contributed by atoms with Gasteiger partial charge in [-0.25, -0.2) is 0 Å². The van der Waals surface area contributed by atoms with E-state index in [0.717, 1.165) is 15.6 Å². The summed E-state index contributed by atoms with van der Waals surface area (Å²) in [5.41, 5.74) is 1.32. The summed E-state index contributed by atoms with van der Waals surface area (Å²) >= 11 is 3.46. The van der Waals surface area contributed by atoms with Gasteiger partial charge in [-0.2, -0.15) is 0 Å². The Morgan fingerprint density at radius 1 is 1.21 bits per heavy atom. The predicted octanol–water partition coefficient (Wildman–Crippen LogP) is 3.84. The molecule has 0 amide bonds. The first-order valence-corrected chi connectivity index (χ1v) is 6.99. The lowest BCUT2D eigenvalue weighted by molar-refractivity contribution is -0.150. The summed E-state index contributed by atoms with van der Waals surface area (Å²) < 4.78 is 5.95. The summed E-state index contributed by atoms with van der Waals surface area (Å²) in [6.07, 6.45) is 0. The zero-order valence-corrected chi connectivity index (χ0v) is 13.6. The van der Waals surface area contributed by atoms with Crippen LogP contribution in [0, 0.1) is 19.3 Å². The molecule has 0 N–H and O–H groups in total. The number of ketones is 1. The molecule has 104 valence electrons. The molecule has 0 radical (unpaired) electrons. The zero-order chi connectivity index (χ0) is 14.8. The third-order valence-corrected chi connectivity index (χ3v) is 4.30. The molecule has 1 aromatic rings. The van der Waals surface area contributed by atoms with Crippen molar-refractivity contribution in [1.82, 2.24) is 0 Å². The molecular formula is C15H19BrO3. The molecule has 0 fully saturated rings. The monoisotopic (exact) mass is 326 g/mol. The second-order valence-corrected chi connectivity index (χ2v) is 5.89. The molecule has 0 saturated carbocycles. The number of benzene rings is 1. The van der Waals surface area contributed by atoms with Crippen LogP contribution in [0.2, 0.25) is 0 Å². The van der Waals surface area contributed by atoms with Crippen molar-refractivity contribution in [3.63, 3.8) is 0 Å². The van der Waals surface area contributed by atoms with Gasteiger partial charge < -0.3 is 4.74 Å². The molecule has 0 spiro atoms. The molecule has 0 saturated heterocycles. The van der Waals surface area contributed by atoms with Gasteiger partial charge in [0.1, 0.15) is 5.41 Å². The molecule has 0 aliphatic carbocycles. The Kier molecular flexibility index (Phi) is 4.91. The quantitative estimate of drug-likeness (QED) is 0.479. The first-order valence-electron chi connectivity index (χ1n) is 6.20. The van der Waals surface area contributed by atoms with E-state index >= 15 is 0 Å². The van der Waals surface area contributed by atoms with Crippen LogP contribution in [0.3, 0.4) is 0 Å². The second kappa shape index (κ2) is 5.87. The highest BCUT2D eigenvalue weighted by molar-refractivity contribution is 9.10. The summed E-state index contributed by atoms with van der Waals surface area (Å²) in [6.45, 7) is 9.04. The first-order chi connectivity index (χ1) is 8.71. The van der Waals surface area contributed by atoms with E-state index in [1.165, 1.54) is 0 Å². The highest BCUT2D eigenvalue weighted by atomic mass is 79.9. The number of halogens is 1. The van der Waals surface area contributed by atoms with Crippen molar-refractivity contribution < 1.29 is 14.3 Å². The number of ether oxygens (including phenoxy) is 1. The highest BCUT2D eigenvalue weighted by Gasteiger charge is 2.38. The molecule has 1 aromatic carbocycles. The van der Waals surface area contributed by atoms with Crippen molar-refractivity contribution >= 4 is 27.7 Å². The summed E-state index contributed by atoms with van der Waals surface area (Å²) in [6, 6.07) is 3.58. The number of hydrogen-bond acceptors (Lipinski definition) is 3. The number of hydrogen-bond donors (Lipinski definition) is 0. The van der Waals surface area contributed by atoms with Crippen LogP contribution in [0.5, 0.6) is 0 Å². The van der Waals surface area contributed by atoms with Crippen molar-refractivity contribution in [2.24, 2.45) is 5.41 Å². The molecule has 0 aliphatic rings. The predicted molar refractivity (Wildman–Crippen MR) is 78.4 cm³/mol. The molecule has 0 heterocycles. The number of carbonyl (C=O) groups is 2. The SMILES string of the molecule is CCOC(=O)C(C)(C)C(=O)c1cc(C)c(Br)c(C)c1. The minimum Gasteiger partial charge on any atom is -0.465 e. The lowest BCUT2D eigenvalue weighted by atomic mass is 9.83. The maximum Gasteiger partial charge on any atom is 0.319 e. The summed E-state index contributed by atoms with van der Waals surface area (Å²) in [5.74, 6) is -0.706. The van der Waals surface area contributed by atoms with Gasteiger partial charge in [-0.15, -0.1) is 0 Å². The number of aryl methyl sites for hydroxylation is 2. The number of Topliss-reactive ketones (excluding diaryl/α,β-unsaturated/α-hetero) is 1. The second-order valence-electron chi connectivity index (χ2n) is 5.10. The van der Waals surface area contributed by atoms with Gasteiger partial charge >= 0.3 is 5.97 Å². The fraction of sp³-hybridized carbons (Fsp3) is 0.467. The van der Waals surface area contributed by atoms with Gasteiger partial charge in [0.2, 0.25) is 0 Å². The van der Waals surface area contributed by atoms with Crippen LogP contribution in [0.4, 0.5) is 0 Å². The summed E-state index contributed by atoms with van der Waals surface area (Å²) in [4.78, 5) is 24.3. The standard InChI is InChI=1S/C15H19BrO3/c1-6-19-14(18)15(4,5)13(17)11-7-9(2)12(16)10(3)8-11/h7-8H,6H2,1-5H3. The molecule has 1 rings (SSSR count). The summed E-state index contributed by atoms with van der Waals surface area (Å²) in [7, 11) is 0. The van der Waals surface area contributed by atoms with Gasteiger partial charge in [-0.3, -0.25) is 9.59 Å². The Morgan fingerprint density at radius 3 is 2.11 bits per heavy atom.